The number of ether oxygens (including phenoxy) is 2. The number of carbonyl (C=O) groups is 1. The standard InChI is InChI=1S/C10H18N2O3/c13-10(12-1-3-14-4-2-12)8-15-7-9-5-11-6-9/h9,11H,1-8H2. The summed E-state index contributed by atoms with van der Waals surface area (Å²) in [5.41, 5.74) is 0. The number of hydrogen-bond acceptors (Lipinski definition) is 4. The lowest BCUT2D eigenvalue weighted by molar-refractivity contribution is -0.140. The minimum atomic E-state index is 0.0885. The lowest BCUT2D eigenvalue weighted by Gasteiger charge is -2.29. The molecule has 2 fully saturated rings. The molecule has 1 amide bonds. The molecule has 0 bridgehead atoms. The van der Waals surface area contributed by atoms with Gasteiger partial charge in [-0.1, -0.05) is 0 Å². The largest absolute Gasteiger partial charge is 0.378 e. The highest BCUT2D eigenvalue weighted by atomic mass is 16.5. The van der Waals surface area contributed by atoms with E-state index in [-0.39, 0.29) is 12.5 Å². The molecule has 0 aliphatic carbocycles. The minimum absolute atomic E-state index is 0.0885. The Morgan fingerprint density at radius 2 is 2.13 bits per heavy atom. The topological polar surface area (TPSA) is 50.8 Å². The number of hydrogen-bond donors (Lipinski definition) is 1. The van der Waals surface area contributed by atoms with Gasteiger partial charge in [-0.05, 0) is 0 Å². The average molecular weight is 214 g/mol. The van der Waals surface area contributed by atoms with E-state index in [1.807, 2.05) is 4.90 Å². The predicted molar refractivity (Wildman–Crippen MR) is 54.6 cm³/mol. The highest BCUT2D eigenvalue weighted by molar-refractivity contribution is 5.77. The molecule has 2 aliphatic rings. The Morgan fingerprint density at radius 3 is 2.73 bits per heavy atom. The third-order valence-electron chi connectivity index (χ3n) is 2.81. The van der Waals surface area contributed by atoms with Crippen LogP contribution in [0.25, 0.3) is 0 Å². The first-order chi connectivity index (χ1) is 7.36. The van der Waals surface area contributed by atoms with Gasteiger partial charge in [0, 0.05) is 32.1 Å². The SMILES string of the molecule is O=C(COCC1CNC1)N1CCOCC1. The molecule has 0 aromatic rings. The normalized spacial score (nSPS) is 22.5. The van der Waals surface area contributed by atoms with Crippen LogP contribution in [0.2, 0.25) is 0 Å². The summed E-state index contributed by atoms with van der Waals surface area (Å²) in [6, 6.07) is 0. The highest BCUT2D eigenvalue weighted by Gasteiger charge is 2.19. The molecule has 2 aliphatic heterocycles. The fraction of sp³-hybridized carbons (Fsp3) is 0.900. The Morgan fingerprint density at radius 1 is 1.40 bits per heavy atom. The number of amides is 1. The zero-order chi connectivity index (χ0) is 10.5. The van der Waals surface area contributed by atoms with Gasteiger partial charge in [-0.2, -0.15) is 0 Å². The molecular formula is C10H18N2O3. The van der Waals surface area contributed by atoms with Crippen LogP contribution in [0.4, 0.5) is 0 Å². The van der Waals surface area contributed by atoms with Crippen molar-refractivity contribution in [2.75, 3.05) is 52.6 Å². The first-order valence-electron chi connectivity index (χ1n) is 5.50. The van der Waals surface area contributed by atoms with Gasteiger partial charge in [-0.15, -0.1) is 0 Å². The first-order valence-corrected chi connectivity index (χ1v) is 5.50. The van der Waals surface area contributed by atoms with E-state index in [4.69, 9.17) is 9.47 Å². The summed E-state index contributed by atoms with van der Waals surface area (Å²) in [4.78, 5) is 13.4. The van der Waals surface area contributed by atoms with Gasteiger partial charge in [0.15, 0.2) is 0 Å². The molecule has 0 aromatic carbocycles. The van der Waals surface area contributed by atoms with Crippen molar-refractivity contribution in [3.05, 3.63) is 0 Å². The minimum Gasteiger partial charge on any atom is -0.378 e. The van der Waals surface area contributed by atoms with E-state index in [1.54, 1.807) is 0 Å². The molecule has 5 heteroatoms. The maximum Gasteiger partial charge on any atom is 0.248 e. The Kier molecular flexibility index (Phi) is 3.94. The van der Waals surface area contributed by atoms with Gasteiger partial charge >= 0.3 is 0 Å². The van der Waals surface area contributed by atoms with Crippen LogP contribution in [-0.4, -0.2) is 63.4 Å². The predicted octanol–water partition coefficient (Wildman–Crippen LogP) is -0.919. The Hall–Kier alpha value is -0.650. The van der Waals surface area contributed by atoms with Crippen molar-refractivity contribution in [1.82, 2.24) is 10.2 Å². The lowest BCUT2D eigenvalue weighted by Crippen LogP contribution is -2.46. The number of nitrogens with one attached hydrogen (secondary N) is 1. The Labute approximate surface area is 89.7 Å². The van der Waals surface area contributed by atoms with Gasteiger partial charge < -0.3 is 19.7 Å². The van der Waals surface area contributed by atoms with E-state index in [2.05, 4.69) is 5.32 Å². The van der Waals surface area contributed by atoms with Gasteiger partial charge in [0.25, 0.3) is 0 Å². The Balaban J connectivity index is 1.58. The second-order valence-electron chi connectivity index (χ2n) is 4.03. The van der Waals surface area contributed by atoms with Crippen molar-refractivity contribution in [1.29, 1.82) is 0 Å². The van der Waals surface area contributed by atoms with Crippen molar-refractivity contribution in [2.24, 2.45) is 5.92 Å². The van der Waals surface area contributed by atoms with Crippen molar-refractivity contribution in [3.8, 4) is 0 Å². The smallest absolute Gasteiger partial charge is 0.248 e. The van der Waals surface area contributed by atoms with Crippen molar-refractivity contribution < 1.29 is 14.3 Å². The molecular weight excluding hydrogens is 196 g/mol. The molecule has 86 valence electrons. The maximum absolute atomic E-state index is 11.6. The molecule has 0 spiro atoms. The van der Waals surface area contributed by atoms with Crippen LogP contribution < -0.4 is 5.32 Å². The van der Waals surface area contributed by atoms with Crippen molar-refractivity contribution in [3.63, 3.8) is 0 Å². The summed E-state index contributed by atoms with van der Waals surface area (Å²) < 4.78 is 10.6. The van der Waals surface area contributed by atoms with Crippen molar-refractivity contribution in [2.45, 2.75) is 0 Å². The van der Waals surface area contributed by atoms with Crippen LogP contribution in [0, 0.1) is 5.92 Å². The number of nitrogens with zero attached hydrogens (tertiary/aromatic N) is 1. The van der Waals surface area contributed by atoms with Gasteiger partial charge in [-0.25, -0.2) is 0 Å². The second-order valence-corrected chi connectivity index (χ2v) is 4.03. The first kappa shape index (κ1) is 10.9. The van der Waals surface area contributed by atoms with Crippen LogP contribution in [0.3, 0.4) is 0 Å². The van der Waals surface area contributed by atoms with Gasteiger partial charge in [0.05, 0.1) is 19.8 Å². The van der Waals surface area contributed by atoms with Crippen LogP contribution in [0.1, 0.15) is 0 Å². The molecule has 2 saturated heterocycles. The molecule has 15 heavy (non-hydrogen) atoms. The molecule has 5 nitrogen and oxygen atoms in total. The van der Waals surface area contributed by atoms with E-state index in [9.17, 15) is 4.79 Å². The second kappa shape index (κ2) is 5.44. The molecule has 1 N–H and O–H groups in total. The summed E-state index contributed by atoms with van der Waals surface area (Å²) in [5.74, 6) is 0.688. The van der Waals surface area contributed by atoms with Gasteiger partial charge in [0.1, 0.15) is 6.61 Å². The van der Waals surface area contributed by atoms with E-state index < -0.39 is 0 Å². The molecule has 0 unspecified atom stereocenters. The molecule has 0 aromatic heterocycles. The summed E-state index contributed by atoms with van der Waals surface area (Å²) in [7, 11) is 0. The monoisotopic (exact) mass is 214 g/mol. The van der Waals surface area contributed by atoms with Crippen LogP contribution in [0.5, 0.6) is 0 Å². The van der Waals surface area contributed by atoms with E-state index >= 15 is 0 Å². The van der Waals surface area contributed by atoms with Crippen LogP contribution in [-0.2, 0) is 14.3 Å². The van der Waals surface area contributed by atoms with Gasteiger partial charge in [-0.3, -0.25) is 4.79 Å². The number of morpholine rings is 1. The summed E-state index contributed by atoms with van der Waals surface area (Å²) in [5, 5.41) is 3.17. The number of rotatable bonds is 4. The zero-order valence-electron chi connectivity index (χ0n) is 8.91. The summed E-state index contributed by atoms with van der Waals surface area (Å²) in [6.07, 6.45) is 0. The quantitative estimate of drug-likeness (QED) is 0.657. The molecule has 0 radical (unpaired) electrons. The van der Waals surface area contributed by atoms with Crippen molar-refractivity contribution >= 4 is 5.91 Å². The zero-order valence-corrected chi connectivity index (χ0v) is 8.91. The lowest BCUT2D eigenvalue weighted by atomic mass is 10.1. The van der Waals surface area contributed by atoms with Gasteiger partial charge in [0.2, 0.25) is 5.91 Å². The summed E-state index contributed by atoms with van der Waals surface area (Å²) in [6.45, 7) is 5.66. The molecule has 0 atom stereocenters. The molecule has 0 saturated carbocycles. The third kappa shape index (κ3) is 3.15. The third-order valence-corrected chi connectivity index (χ3v) is 2.81. The molecule has 2 heterocycles. The molecule has 2 rings (SSSR count). The summed E-state index contributed by atoms with van der Waals surface area (Å²) >= 11 is 0. The highest BCUT2D eigenvalue weighted by Crippen LogP contribution is 2.03. The van der Waals surface area contributed by atoms with E-state index in [0.717, 1.165) is 13.1 Å². The average Bonchev–Trinajstić information content (AvgIpc) is 2.23. The fourth-order valence-corrected chi connectivity index (χ4v) is 1.68. The van der Waals surface area contributed by atoms with Crippen LogP contribution >= 0.6 is 0 Å². The fourth-order valence-electron chi connectivity index (χ4n) is 1.68. The Bertz CT molecular complexity index is 213. The number of carbonyl (C=O) groups excluding carboxylic acids is 1. The van der Waals surface area contributed by atoms with E-state index in [0.29, 0.717) is 38.8 Å². The maximum atomic E-state index is 11.6. The van der Waals surface area contributed by atoms with E-state index in [1.165, 1.54) is 0 Å². The van der Waals surface area contributed by atoms with Crippen LogP contribution in [0.15, 0.2) is 0 Å².